The molecule has 1 heteroatoms. The van der Waals surface area contributed by atoms with E-state index in [2.05, 4.69) is 36.5 Å². The molecule has 11 heavy (non-hydrogen) atoms. The predicted octanol–water partition coefficient (Wildman–Crippen LogP) is 2.50. The molecule has 0 fully saturated rings. The van der Waals surface area contributed by atoms with Crippen molar-refractivity contribution in [2.24, 2.45) is 0 Å². The van der Waals surface area contributed by atoms with Crippen LogP contribution in [0.25, 0.3) is 0 Å². The first-order valence-electron chi connectivity index (χ1n) is 4.13. The Hall–Kier alpha value is -0.980. The number of hydrogen-bond acceptors (Lipinski definition) is 0. The lowest BCUT2D eigenvalue weighted by Gasteiger charge is -2.00. The van der Waals surface area contributed by atoms with Gasteiger partial charge in [0.25, 0.3) is 0 Å². The third-order valence-corrected chi connectivity index (χ3v) is 1.69. The summed E-state index contributed by atoms with van der Waals surface area (Å²) in [6, 6.07) is 8.41. The van der Waals surface area contributed by atoms with Gasteiger partial charge < -0.3 is 0 Å². The standard InChI is InChI=1S/C10H14N/c1-3-9-5-7-10(8-6-9)11-4-2/h5-8H,3-4H2,1-2H3. The van der Waals surface area contributed by atoms with Gasteiger partial charge in [0.05, 0.1) is 5.69 Å². The first-order chi connectivity index (χ1) is 5.36. The monoisotopic (exact) mass is 148 g/mol. The first-order valence-corrected chi connectivity index (χ1v) is 4.13. The molecule has 1 aromatic rings. The highest BCUT2D eigenvalue weighted by Gasteiger charge is 1.90. The number of nitrogens with zero attached hydrogens (tertiary/aromatic N) is 1. The van der Waals surface area contributed by atoms with Crippen LogP contribution in [0.3, 0.4) is 0 Å². The Morgan fingerprint density at radius 1 is 1.09 bits per heavy atom. The van der Waals surface area contributed by atoms with Crippen molar-refractivity contribution in [1.82, 2.24) is 5.32 Å². The summed E-state index contributed by atoms with van der Waals surface area (Å²) in [4.78, 5) is 0. The maximum absolute atomic E-state index is 4.28. The Morgan fingerprint density at radius 2 is 1.73 bits per heavy atom. The zero-order valence-electron chi connectivity index (χ0n) is 7.17. The van der Waals surface area contributed by atoms with Crippen molar-refractivity contribution in [1.29, 1.82) is 0 Å². The highest BCUT2D eigenvalue weighted by atomic mass is 14.8. The molecule has 0 aliphatic carbocycles. The summed E-state index contributed by atoms with van der Waals surface area (Å²) in [5, 5.41) is 4.28. The fourth-order valence-electron chi connectivity index (χ4n) is 1.02. The van der Waals surface area contributed by atoms with Crippen LogP contribution < -0.4 is 5.32 Å². The van der Waals surface area contributed by atoms with Crippen LogP contribution in [-0.2, 0) is 6.42 Å². The van der Waals surface area contributed by atoms with E-state index in [1.165, 1.54) is 5.56 Å². The van der Waals surface area contributed by atoms with Gasteiger partial charge >= 0.3 is 0 Å². The SMILES string of the molecule is CC[N]c1ccc(CC)cc1. The summed E-state index contributed by atoms with van der Waals surface area (Å²) in [6.07, 6.45) is 1.10. The molecule has 1 radical (unpaired) electrons. The molecule has 0 saturated heterocycles. The normalized spacial score (nSPS) is 9.64. The quantitative estimate of drug-likeness (QED) is 0.625. The van der Waals surface area contributed by atoms with Crippen molar-refractivity contribution < 1.29 is 0 Å². The van der Waals surface area contributed by atoms with Crippen molar-refractivity contribution >= 4 is 5.69 Å². The average molecular weight is 148 g/mol. The zero-order chi connectivity index (χ0) is 8.10. The van der Waals surface area contributed by atoms with Crippen LogP contribution in [0.4, 0.5) is 5.69 Å². The van der Waals surface area contributed by atoms with Gasteiger partial charge in [0.2, 0.25) is 0 Å². The molecule has 1 rings (SSSR count). The van der Waals surface area contributed by atoms with E-state index < -0.39 is 0 Å². The van der Waals surface area contributed by atoms with E-state index >= 15 is 0 Å². The van der Waals surface area contributed by atoms with Crippen LogP contribution >= 0.6 is 0 Å². The van der Waals surface area contributed by atoms with E-state index in [4.69, 9.17) is 0 Å². The smallest absolute Gasteiger partial charge is 0.0574 e. The number of benzene rings is 1. The molecule has 59 valence electrons. The van der Waals surface area contributed by atoms with Crippen LogP contribution in [0.5, 0.6) is 0 Å². The van der Waals surface area contributed by atoms with Gasteiger partial charge in [0.1, 0.15) is 0 Å². The van der Waals surface area contributed by atoms with Crippen LogP contribution in [0.1, 0.15) is 19.4 Å². The topological polar surface area (TPSA) is 14.1 Å². The minimum absolute atomic E-state index is 0.867. The fourth-order valence-corrected chi connectivity index (χ4v) is 1.02. The first kappa shape index (κ1) is 8.12. The Morgan fingerprint density at radius 3 is 2.18 bits per heavy atom. The van der Waals surface area contributed by atoms with Gasteiger partial charge in [-0.05, 0) is 31.0 Å². The number of rotatable bonds is 3. The number of hydrogen-bond donors (Lipinski definition) is 0. The van der Waals surface area contributed by atoms with Gasteiger partial charge in [-0.3, -0.25) is 5.32 Å². The zero-order valence-corrected chi connectivity index (χ0v) is 7.17. The summed E-state index contributed by atoms with van der Waals surface area (Å²) in [5.74, 6) is 0. The maximum Gasteiger partial charge on any atom is 0.0574 e. The van der Waals surface area contributed by atoms with E-state index in [1.54, 1.807) is 0 Å². The highest BCUT2D eigenvalue weighted by Crippen LogP contribution is 2.09. The Kier molecular flexibility index (Phi) is 2.96. The van der Waals surface area contributed by atoms with Crippen molar-refractivity contribution in [3.63, 3.8) is 0 Å². The lowest BCUT2D eigenvalue weighted by molar-refractivity contribution is 0.911. The average Bonchev–Trinajstić information content (AvgIpc) is 2.07. The summed E-state index contributed by atoms with van der Waals surface area (Å²) < 4.78 is 0. The molecule has 0 aliphatic heterocycles. The molecule has 0 heterocycles. The van der Waals surface area contributed by atoms with Gasteiger partial charge in [-0.15, -0.1) is 0 Å². The molecule has 0 amide bonds. The molecule has 0 N–H and O–H groups in total. The van der Waals surface area contributed by atoms with E-state index in [9.17, 15) is 0 Å². The molecule has 0 aliphatic rings. The van der Waals surface area contributed by atoms with Gasteiger partial charge in [-0.1, -0.05) is 19.1 Å². The van der Waals surface area contributed by atoms with E-state index in [-0.39, 0.29) is 0 Å². The Balaban J connectivity index is 2.66. The molecule has 1 aromatic carbocycles. The van der Waals surface area contributed by atoms with Crippen molar-refractivity contribution in [3.8, 4) is 0 Å². The molecular weight excluding hydrogens is 134 g/mol. The van der Waals surface area contributed by atoms with Gasteiger partial charge in [-0.2, -0.15) is 0 Å². The molecular formula is C10H14N. The Labute approximate surface area is 68.4 Å². The summed E-state index contributed by atoms with van der Waals surface area (Å²) in [6.45, 7) is 5.07. The second-order valence-corrected chi connectivity index (χ2v) is 2.49. The third kappa shape index (κ3) is 2.26. The fraction of sp³-hybridized carbons (Fsp3) is 0.400. The minimum Gasteiger partial charge on any atom is -0.286 e. The van der Waals surface area contributed by atoms with Crippen LogP contribution in [0, 0.1) is 0 Å². The second-order valence-electron chi connectivity index (χ2n) is 2.49. The van der Waals surface area contributed by atoms with Crippen molar-refractivity contribution in [2.75, 3.05) is 6.54 Å². The maximum atomic E-state index is 4.28. The highest BCUT2D eigenvalue weighted by molar-refractivity contribution is 5.37. The molecule has 0 bridgehead atoms. The lowest BCUT2D eigenvalue weighted by atomic mass is 10.1. The van der Waals surface area contributed by atoms with E-state index in [1.807, 2.05) is 6.92 Å². The molecule has 0 spiro atoms. The Bertz CT molecular complexity index is 201. The molecule has 0 saturated carbocycles. The molecule has 0 aromatic heterocycles. The summed E-state index contributed by atoms with van der Waals surface area (Å²) in [5.41, 5.74) is 2.46. The third-order valence-electron chi connectivity index (χ3n) is 1.69. The second kappa shape index (κ2) is 4.02. The minimum atomic E-state index is 0.867. The molecule has 0 unspecified atom stereocenters. The predicted molar refractivity (Wildman–Crippen MR) is 48.2 cm³/mol. The van der Waals surface area contributed by atoms with Crippen LogP contribution in [0.2, 0.25) is 0 Å². The largest absolute Gasteiger partial charge is 0.286 e. The lowest BCUT2D eigenvalue weighted by Crippen LogP contribution is -1.94. The number of aryl methyl sites for hydroxylation is 1. The van der Waals surface area contributed by atoms with Crippen molar-refractivity contribution in [3.05, 3.63) is 29.8 Å². The van der Waals surface area contributed by atoms with E-state index in [0.29, 0.717) is 0 Å². The molecule has 0 atom stereocenters. The van der Waals surface area contributed by atoms with Gasteiger partial charge in [-0.25, -0.2) is 0 Å². The molecule has 1 nitrogen and oxygen atoms in total. The van der Waals surface area contributed by atoms with E-state index in [0.717, 1.165) is 18.7 Å². The van der Waals surface area contributed by atoms with Crippen LogP contribution in [-0.4, -0.2) is 6.54 Å². The van der Waals surface area contributed by atoms with Gasteiger partial charge in [0.15, 0.2) is 0 Å². The van der Waals surface area contributed by atoms with Crippen molar-refractivity contribution in [2.45, 2.75) is 20.3 Å². The summed E-state index contributed by atoms with van der Waals surface area (Å²) >= 11 is 0. The van der Waals surface area contributed by atoms with Crippen LogP contribution in [0.15, 0.2) is 24.3 Å². The van der Waals surface area contributed by atoms with Gasteiger partial charge in [0, 0.05) is 6.54 Å². The summed E-state index contributed by atoms with van der Waals surface area (Å²) in [7, 11) is 0.